The number of phenols is 1. The quantitative estimate of drug-likeness (QED) is 0.721. The van der Waals surface area contributed by atoms with Gasteiger partial charge in [0.05, 0.1) is 13.2 Å². The first-order chi connectivity index (χ1) is 9.97. The Morgan fingerprint density at radius 3 is 2.48 bits per heavy atom. The summed E-state index contributed by atoms with van der Waals surface area (Å²) in [5, 5.41) is 9.23. The molecule has 0 aliphatic carbocycles. The van der Waals surface area contributed by atoms with Gasteiger partial charge in [-0.05, 0) is 30.5 Å². The summed E-state index contributed by atoms with van der Waals surface area (Å²) < 4.78 is 4.59. The Morgan fingerprint density at radius 1 is 1.33 bits per heavy atom. The fourth-order valence-electron chi connectivity index (χ4n) is 1.97. The molecule has 0 radical (unpaired) electrons. The van der Waals surface area contributed by atoms with Gasteiger partial charge >= 0.3 is 5.97 Å². The number of esters is 1. The molecule has 0 unspecified atom stereocenters. The minimum Gasteiger partial charge on any atom is -0.508 e. The summed E-state index contributed by atoms with van der Waals surface area (Å²) in [6.07, 6.45) is 1.08. The largest absolute Gasteiger partial charge is 0.508 e. The van der Waals surface area contributed by atoms with Crippen molar-refractivity contribution in [2.75, 3.05) is 20.2 Å². The van der Waals surface area contributed by atoms with Crippen molar-refractivity contribution in [1.82, 2.24) is 4.90 Å². The number of benzene rings is 1. The number of carbonyl (C=O) groups excluding carboxylic acids is 2. The van der Waals surface area contributed by atoms with Crippen molar-refractivity contribution < 1.29 is 19.4 Å². The molecule has 3 N–H and O–H groups in total. The molecule has 0 spiro atoms. The van der Waals surface area contributed by atoms with Gasteiger partial charge in [-0.2, -0.15) is 0 Å². The maximum Gasteiger partial charge on any atom is 0.325 e. The number of amides is 1. The molecule has 0 aliphatic rings. The minimum atomic E-state index is -0.731. The summed E-state index contributed by atoms with van der Waals surface area (Å²) in [6, 6.07) is 5.79. The molecule has 0 aliphatic heterocycles. The van der Waals surface area contributed by atoms with E-state index >= 15 is 0 Å². The summed E-state index contributed by atoms with van der Waals surface area (Å²) in [5.74, 6) is -0.582. The lowest BCUT2D eigenvalue weighted by Crippen LogP contribution is -2.47. The fourth-order valence-corrected chi connectivity index (χ4v) is 1.97. The highest BCUT2D eigenvalue weighted by Crippen LogP contribution is 2.11. The van der Waals surface area contributed by atoms with Crippen molar-refractivity contribution in [3.8, 4) is 5.75 Å². The van der Waals surface area contributed by atoms with E-state index in [1.807, 2.05) is 6.92 Å². The van der Waals surface area contributed by atoms with Gasteiger partial charge in [0, 0.05) is 6.54 Å². The Bertz CT molecular complexity index is 473. The number of phenolic OH excluding ortho intramolecular Hbond substituents is 1. The lowest BCUT2D eigenvalue weighted by atomic mass is 10.1. The lowest BCUT2D eigenvalue weighted by Gasteiger charge is -2.24. The van der Waals surface area contributed by atoms with E-state index in [1.165, 1.54) is 12.0 Å². The summed E-state index contributed by atoms with van der Waals surface area (Å²) in [6.45, 7) is 2.28. The van der Waals surface area contributed by atoms with E-state index in [-0.39, 0.29) is 18.2 Å². The average molecular weight is 294 g/mol. The Kier molecular flexibility index (Phi) is 6.68. The topological polar surface area (TPSA) is 92.9 Å². The summed E-state index contributed by atoms with van der Waals surface area (Å²) in [5.41, 5.74) is 6.78. The molecule has 0 fully saturated rings. The van der Waals surface area contributed by atoms with E-state index in [0.29, 0.717) is 13.0 Å². The fraction of sp³-hybridized carbons (Fsp3) is 0.467. The van der Waals surface area contributed by atoms with Gasteiger partial charge < -0.3 is 20.5 Å². The van der Waals surface area contributed by atoms with Crippen LogP contribution in [0.25, 0.3) is 0 Å². The van der Waals surface area contributed by atoms with Crippen LogP contribution in [-0.4, -0.2) is 48.1 Å². The van der Waals surface area contributed by atoms with Crippen LogP contribution in [0.2, 0.25) is 0 Å². The molecule has 1 atom stereocenters. The van der Waals surface area contributed by atoms with Crippen molar-refractivity contribution in [2.45, 2.75) is 25.8 Å². The Balaban J connectivity index is 2.68. The van der Waals surface area contributed by atoms with Gasteiger partial charge in [0.15, 0.2) is 0 Å². The van der Waals surface area contributed by atoms with E-state index in [2.05, 4.69) is 4.74 Å². The van der Waals surface area contributed by atoms with Gasteiger partial charge in [-0.3, -0.25) is 9.59 Å². The number of nitrogens with zero attached hydrogens (tertiary/aromatic N) is 1. The molecule has 6 nitrogen and oxygen atoms in total. The van der Waals surface area contributed by atoms with Gasteiger partial charge in [0.1, 0.15) is 12.3 Å². The zero-order valence-electron chi connectivity index (χ0n) is 12.4. The van der Waals surface area contributed by atoms with Crippen LogP contribution in [0.3, 0.4) is 0 Å². The van der Waals surface area contributed by atoms with Crippen LogP contribution in [-0.2, 0) is 20.7 Å². The summed E-state index contributed by atoms with van der Waals surface area (Å²) in [4.78, 5) is 25.0. The normalized spacial score (nSPS) is 11.8. The van der Waals surface area contributed by atoms with Gasteiger partial charge in [0.2, 0.25) is 5.91 Å². The SMILES string of the molecule is CCCN(CC(=O)OC)C(=O)[C@H](N)Cc1ccc(O)cc1. The average Bonchev–Trinajstić information content (AvgIpc) is 2.48. The number of aromatic hydroxyl groups is 1. The number of methoxy groups -OCH3 is 1. The van der Waals surface area contributed by atoms with E-state index in [9.17, 15) is 14.7 Å². The Hall–Kier alpha value is -2.08. The van der Waals surface area contributed by atoms with E-state index in [4.69, 9.17) is 5.73 Å². The van der Waals surface area contributed by atoms with Crippen LogP contribution in [0.15, 0.2) is 24.3 Å². The smallest absolute Gasteiger partial charge is 0.325 e. The molecule has 1 rings (SSSR count). The van der Waals surface area contributed by atoms with Gasteiger partial charge in [-0.15, -0.1) is 0 Å². The third kappa shape index (κ3) is 5.43. The molecule has 21 heavy (non-hydrogen) atoms. The monoisotopic (exact) mass is 294 g/mol. The second-order valence-electron chi connectivity index (χ2n) is 4.81. The zero-order valence-corrected chi connectivity index (χ0v) is 12.4. The van der Waals surface area contributed by atoms with Crippen molar-refractivity contribution >= 4 is 11.9 Å². The van der Waals surface area contributed by atoms with Crippen molar-refractivity contribution in [3.05, 3.63) is 29.8 Å². The first-order valence-electron chi connectivity index (χ1n) is 6.87. The number of ether oxygens (including phenoxy) is 1. The van der Waals surface area contributed by atoms with Crippen LogP contribution in [0, 0.1) is 0 Å². The molecule has 1 aromatic rings. The lowest BCUT2D eigenvalue weighted by molar-refractivity contribution is -0.147. The molecule has 0 aromatic heterocycles. The minimum absolute atomic E-state index is 0.0908. The first-order valence-corrected chi connectivity index (χ1v) is 6.87. The molecule has 0 heterocycles. The van der Waals surface area contributed by atoms with Crippen molar-refractivity contribution in [2.24, 2.45) is 5.73 Å². The number of carbonyl (C=O) groups is 2. The molecule has 116 valence electrons. The molecule has 0 bridgehead atoms. The number of nitrogens with two attached hydrogens (primary N) is 1. The van der Waals surface area contributed by atoms with Gasteiger partial charge in [-0.1, -0.05) is 19.1 Å². The van der Waals surface area contributed by atoms with E-state index in [1.54, 1.807) is 24.3 Å². The van der Waals surface area contributed by atoms with Crippen LogP contribution in [0.1, 0.15) is 18.9 Å². The molecule has 1 aromatic carbocycles. The molecule has 0 saturated carbocycles. The second-order valence-corrected chi connectivity index (χ2v) is 4.81. The molecular weight excluding hydrogens is 272 g/mol. The van der Waals surface area contributed by atoms with Crippen molar-refractivity contribution in [1.29, 1.82) is 0 Å². The van der Waals surface area contributed by atoms with Crippen LogP contribution in [0.4, 0.5) is 0 Å². The Labute approximate surface area is 124 Å². The van der Waals surface area contributed by atoms with Crippen LogP contribution >= 0.6 is 0 Å². The zero-order chi connectivity index (χ0) is 15.8. The number of rotatable bonds is 7. The molecule has 0 saturated heterocycles. The highest BCUT2D eigenvalue weighted by Gasteiger charge is 2.23. The second kappa shape index (κ2) is 8.26. The van der Waals surface area contributed by atoms with Crippen LogP contribution in [0.5, 0.6) is 5.75 Å². The Morgan fingerprint density at radius 2 is 1.95 bits per heavy atom. The third-order valence-corrected chi connectivity index (χ3v) is 3.06. The van der Waals surface area contributed by atoms with E-state index < -0.39 is 12.0 Å². The van der Waals surface area contributed by atoms with Gasteiger partial charge in [-0.25, -0.2) is 0 Å². The van der Waals surface area contributed by atoms with Crippen molar-refractivity contribution in [3.63, 3.8) is 0 Å². The number of hydrogen-bond donors (Lipinski definition) is 2. The molecule has 1 amide bonds. The summed E-state index contributed by atoms with van der Waals surface area (Å²) >= 11 is 0. The third-order valence-electron chi connectivity index (χ3n) is 3.06. The number of hydrogen-bond acceptors (Lipinski definition) is 5. The standard InChI is InChI=1S/C15H22N2O4/c1-3-8-17(10-14(19)21-2)15(20)13(16)9-11-4-6-12(18)7-5-11/h4-7,13,18H,3,8-10,16H2,1-2H3/t13-/m1/s1. The highest BCUT2D eigenvalue weighted by molar-refractivity contribution is 5.85. The maximum atomic E-state index is 12.3. The predicted molar refractivity (Wildman–Crippen MR) is 78.7 cm³/mol. The van der Waals surface area contributed by atoms with Gasteiger partial charge in [0.25, 0.3) is 0 Å². The molecule has 6 heteroatoms. The predicted octanol–water partition coefficient (Wildman–Crippen LogP) is 0.674. The maximum absolute atomic E-state index is 12.3. The highest BCUT2D eigenvalue weighted by atomic mass is 16.5. The summed E-state index contributed by atoms with van der Waals surface area (Å²) in [7, 11) is 1.29. The van der Waals surface area contributed by atoms with E-state index in [0.717, 1.165) is 12.0 Å². The van der Waals surface area contributed by atoms with Crippen LogP contribution < -0.4 is 5.73 Å². The first kappa shape index (κ1) is 17.0. The molecular formula is C15H22N2O4.